The van der Waals surface area contributed by atoms with E-state index in [1.165, 1.54) is 6.07 Å². The minimum atomic E-state index is -1.05. The van der Waals surface area contributed by atoms with E-state index in [0.29, 0.717) is 19.4 Å². The number of amides is 2. The number of carbonyl (C=O) groups is 2. The molecule has 0 saturated heterocycles. The van der Waals surface area contributed by atoms with Crippen LogP contribution in [0.1, 0.15) is 32.6 Å². The average Bonchev–Trinajstić information content (AvgIpc) is 3.29. The first-order valence-corrected chi connectivity index (χ1v) is 7.43. The van der Waals surface area contributed by atoms with Crippen LogP contribution < -0.4 is 5.32 Å². The summed E-state index contributed by atoms with van der Waals surface area (Å²) in [7, 11) is 1.68. The highest BCUT2D eigenvalue weighted by atomic mass is 19.2. The lowest BCUT2D eigenvalue weighted by molar-refractivity contribution is -0.141. The van der Waals surface area contributed by atoms with Crippen molar-refractivity contribution in [3.63, 3.8) is 0 Å². The summed E-state index contributed by atoms with van der Waals surface area (Å²) >= 11 is 0. The van der Waals surface area contributed by atoms with Crippen LogP contribution in [0.4, 0.5) is 14.5 Å². The number of carbonyl (C=O) groups excluding carboxylic acids is 2. The smallest absolute Gasteiger partial charge is 0.240 e. The summed E-state index contributed by atoms with van der Waals surface area (Å²) in [6.07, 6.45) is 2.81. The zero-order valence-electron chi connectivity index (χ0n) is 12.8. The third-order valence-electron chi connectivity index (χ3n) is 3.97. The van der Waals surface area contributed by atoms with Crippen LogP contribution in [0.25, 0.3) is 0 Å². The second-order valence-electron chi connectivity index (χ2n) is 5.75. The number of anilines is 1. The molecular weight excluding hydrogens is 290 g/mol. The molecule has 1 aromatic rings. The fraction of sp³-hybridized carbons (Fsp3) is 0.500. The molecule has 2 amide bonds. The van der Waals surface area contributed by atoms with Gasteiger partial charge in [0, 0.05) is 25.3 Å². The van der Waals surface area contributed by atoms with E-state index < -0.39 is 23.0 Å². The lowest BCUT2D eigenvalue weighted by atomic mass is 10.0. The second-order valence-corrected chi connectivity index (χ2v) is 5.75. The van der Waals surface area contributed by atoms with E-state index in [-0.39, 0.29) is 11.6 Å². The fourth-order valence-electron chi connectivity index (χ4n) is 2.35. The van der Waals surface area contributed by atoms with Crippen LogP contribution in [0, 0.1) is 17.0 Å². The first-order chi connectivity index (χ1) is 10.4. The van der Waals surface area contributed by atoms with Crippen LogP contribution in [0.3, 0.4) is 0 Å². The van der Waals surface area contributed by atoms with Crippen molar-refractivity contribution >= 4 is 17.5 Å². The lowest BCUT2D eigenvalue weighted by Gasteiger charge is -2.23. The summed E-state index contributed by atoms with van der Waals surface area (Å²) in [6.45, 7) is 2.64. The Morgan fingerprint density at radius 1 is 1.27 bits per heavy atom. The number of unbranched alkanes of at least 4 members (excludes halogenated alkanes) is 1. The van der Waals surface area contributed by atoms with E-state index >= 15 is 0 Å². The molecule has 0 bridgehead atoms. The van der Waals surface area contributed by atoms with E-state index in [2.05, 4.69) is 5.32 Å². The Balaban J connectivity index is 2.04. The molecule has 6 heteroatoms. The Kier molecular flexibility index (Phi) is 4.78. The summed E-state index contributed by atoms with van der Waals surface area (Å²) in [5, 5.41) is 2.51. The highest BCUT2D eigenvalue weighted by molar-refractivity contribution is 6.12. The second kappa shape index (κ2) is 6.42. The van der Waals surface area contributed by atoms with Crippen LogP contribution in [0.15, 0.2) is 18.2 Å². The molecule has 0 aliphatic heterocycles. The minimum absolute atomic E-state index is 0.152. The summed E-state index contributed by atoms with van der Waals surface area (Å²) in [4.78, 5) is 26.3. The van der Waals surface area contributed by atoms with E-state index in [1.807, 2.05) is 6.92 Å². The SMILES string of the molecule is CCCCN(C)C(=O)C1(C(=O)Nc2ccc(F)c(F)c2)CC1. The largest absolute Gasteiger partial charge is 0.345 e. The number of hydrogen-bond donors (Lipinski definition) is 1. The van der Waals surface area contributed by atoms with Gasteiger partial charge in [-0.2, -0.15) is 0 Å². The van der Waals surface area contributed by atoms with Gasteiger partial charge >= 0.3 is 0 Å². The molecule has 1 aliphatic carbocycles. The van der Waals surface area contributed by atoms with Crippen molar-refractivity contribution in [2.45, 2.75) is 32.6 Å². The number of hydrogen-bond acceptors (Lipinski definition) is 2. The normalized spacial score (nSPS) is 15.3. The predicted octanol–water partition coefficient (Wildman–Crippen LogP) is 2.94. The summed E-state index contributed by atoms with van der Waals surface area (Å²) in [5.41, 5.74) is -0.896. The number of nitrogens with one attached hydrogen (secondary N) is 1. The molecule has 1 aliphatic rings. The maximum absolute atomic E-state index is 13.2. The zero-order valence-corrected chi connectivity index (χ0v) is 12.8. The number of rotatable bonds is 6. The van der Waals surface area contributed by atoms with E-state index in [9.17, 15) is 18.4 Å². The Morgan fingerprint density at radius 2 is 1.95 bits per heavy atom. The van der Waals surface area contributed by atoms with Gasteiger partial charge in [0.25, 0.3) is 0 Å². The average molecular weight is 310 g/mol. The Bertz CT molecular complexity index is 586. The number of nitrogens with zero attached hydrogens (tertiary/aromatic N) is 1. The molecule has 2 rings (SSSR count). The van der Waals surface area contributed by atoms with E-state index in [0.717, 1.165) is 25.0 Å². The number of benzene rings is 1. The van der Waals surface area contributed by atoms with Crippen molar-refractivity contribution < 1.29 is 18.4 Å². The van der Waals surface area contributed by atoms with Crippen LogP contribution in [0.2, 0.25) is 0 Å². The van der Waals surface area contributed by atoms with Gasteiger partial charge in [-0.1, -0.05) is 13.3 Å². The summed E-state index contributed by atoms with van der Waals surface area (Å²) < 4.78 is 26.1. The van der Waals surface area contributed by atoms with Gasteiger partial charge in [0.05, 0.1) is 0 Å². The molecule has 0 atom stereocenters. The monoisotopic (exact) mass is 310 g/mol. The highest BCUT2D eigenvalue weighted by Gasteiger charge is 2.57. The molecule has 0 unspecified atom stereocenters. The van der Waals surface area contributed by atoms with E-state index in [1.54, 1.807) is 11.9 Å². The molecule has 0 aromatic heterocycles. The van der Waals surface area contributed by atoms with Crippen molar-refractivity contribution in [3.8, 4) is 0 Å². The van der Waals surface area contributed by atoms with Gasteiger partial charge < -0.3 is 10.2 Å². The van der Waals surface area contributed by atoms with Gasteiger partial charge in [0.15, 0.2) is 11.6 Å². The Hall–Kier alpha value is -1.98. The van der Waals surface area contributed by atoms with Gasteiger partial charge in [-0.05, 0) is 31.4 Å². The molecule has 0 heterocycles. The molecule has 4 nitrogen and oxygen atoms in total. The maximum atomic E-state index is 13.2. The van der Waals surface area contributed by atoms with Crippen molar-refractivity contribution in [2.24, 2.45) is 5.41 Å². The maximum Gasteiger partial charge on any atom is 0.240 e. The van der Waals surface area contributed by atoms with Crippen LogP contribution in [0.5, 0.6) is 0 Å². The predicted molar refractivity (Wildman–Crippen MR) is 79.2 cm³/mol. The van der Waals surface area contributed by atoms with Crippen LogP contribution in [-0.2, 0) is 9.59 Å². The number of halogens is 2. The van der Waals surface area contributed by atoms with Crippen LogP contribution in [-0.4, -0.2) is 30.3 Å². The molecule has 1 aromatic carbocycles. The zero-order chi connectivity index (χ0) is 16.3. The summed E-state index contributed by atoms with van der Waals surface area (Å²) in [5.74, 6) is -2.67. The van der Waals surface area contributed by atoms with Gasteiger partial charge in [-0.25, -0.2) is 8.78 Å². The molecule has 1 saturated carbocycles. The van der Waals surface area contributed by atoms with Crippen molar-refractivity contribution in [1.29, 1.82) is 0 Å². The third kappa shape index (κ3) is 3.26. The Morgan fingerprint density at radius 3 is 2.50 bits per heavy atom. The van der Waals surface area contributed by atoms with Gasteiger partial charge in [-0.3, -0.25) is 9.59 Å². The first kappa shape index (κ1) is 16.4. The van der Waals surface area contributed by atoms with Crippen molar-refractivity contribution in [3.05, 3.63) is 29.8 Å². The topological polar surface area (TPSA) is 49.4 Å². The van der Waals surface area contributed by atoms with Gasteiger partial charge in [0.2, 0.25) is 11.8 Å². The quantitative estimate of drug-likeness (QED) is 0.821. The van der Waals surface area contributed by atoms with Crippen molar-refractivity contribution in [2.75, 3.05) is 18.9 Å². The molecule has 120 valence electrons. The van der Waals surface area contributed by atoms with Gasteiger partial charge in [0.1, 0.15) is 5.41 Å². The first-order valence-electron chi connectivity index (χ1n) is 7.43. The van der Waals surface area contributed by atoms with Gasteiger partial charge in [-0.15, -0.1) is 0 Å². The third-order valence-corrected chi connectivity index (χ3v) is 3.97. The molecule has 22 heavy (non-hydrogen) atoms. The standard InChI is InChI=1S/C16H20F2N2O2/c1-3-4-9-20(2)15(22)16(7-8-16)14(21)19-11-5-6-12(17)13(18)10-11/h5-6,10H,3-4,7-9H2,1-2H3,(H,19,21). The van der Waals surface area contributed by atoms with Crippen LogP contribution >= 0.6 is 0 Å². The molecule has 0 spiro atoms. The highest BCUT2D eigenvalue weighted by Crippen LogP contribution is 2.48. The van der Waals surface area contributed by atoms with Crippen molar-refractivity contribution in [1.82, 2.24) is 4.90 Å². The Labute approximate surface area is 128 Å². The van der Waals surface area contributed by atoms with E-state index in [4.69, 9.17) is 0 Å². The minimum Gasteiger partial charge on any atom is -0.345 e. The molecule has 1 fully saturated rings. The lowest BCUT2D eigenvalue weighted by Crippen LogP contribution is -2.41. The molecule has 0 radical (unpaired) electrons. The molecule has 1 N–H and O–H groups in total. The summed E-state index contributed by atoms with van der Waals surface area (Å²) in [6, 6.07) is 3.13. The fourth-order valence-corrected chi connectivity index (χ4v) is 2.35. The molecular formula is C16H20F2N2O2.